The third-order valence-corrected chi connectivity index (χ3v) is 2.26. The van der Waals surface area contributed by atoms with Gasteiger partial charge in [0.05, 0.1) is 6.61 Å². The molecule has 2 N–H and O–H groups in total. The summed E-state index contributed by atoms with van der Waals surface area (Å²) in [6.07, 6.45) is 1.78. The Bertz CT molecular complexity index is 316. The molecule has 1 aromatic heterocycles. The van der Waals surface area contributed by atoms with E-state index in [1.54, 1.807) is 13.3 Å². The highest BCUT2D eigenvalue weighted by molar-refractivity contribution is 5.31. The number of hydrogen-bond acceptors (Lipinski definition) is 5. The first-order chi connectivity index (χ1) is 7.19. The third kappa shape index (κ3) is 3.14. The maximum Gasteiger partial charge on any atom is 0.225 e. The molecule has 1 aromatic rings. The van der Waals surface area contributed by atoms with Crippen molar-refractivity contribution in [1.29, 1.82) is 0 Å². The lowest BCUT2D eigenvalue weighted by Crippen LogP contribution is -2.24. The summed E-state index contributed by atoms with van der Waals surface area (Å²) in [5.74, 6) is 0.710. The van der Waals surface area contributed by atoms with Crippen molar-refractivity contribution >= 4 is 5.95 Å². The van der Waals surface area contributed by atoms with Crippen LogP contribution < -0.4 is 10.6 Å². The molecule has 5 nitrogen and oxygen atoms in total. The van der Waals surface area contributed by atoms with Crippen LogP contribution in [0.4, 0.5) is 5.95 Å². The van der Waals surface area contributed by atoms with Gasteiger partial charge < -0.3 is 15.4 Å². The van der Waals surface area contributed by atoms with Gasteiger partial charge in [-0.3, -0.25) is 0 Å². The van der Waals surface area contributed by atoms with Crippen molar-refractivity contribution in [3.8, 4) is 0 Å². The molecule has 0 aliphatic carbocycles. The minimum atomic E-state index is 0.480. The van der Waals surface area contributed by atoms with Crippen molar-refractivity contribution in [2.75, 3.05) is 32.2 Å². The monoisotopic (exact) mass is 210 g/mol. The lowest BCUT2D eigenvalue weighted by atomic mass is 10.2. The average molecular weight is 210 g/mol. The molecular weight excluding hydrogens is 192 g/mol. The van der Waals surface area contributed by atoms with Gasteiger partial charge in [0.15, 0.2) is 0 Å². The van der Waals surface area contributed by atoms with E-state index in [1.807, 2.05) is 18.9 Å². The Balaban J connectivity index is 2.73. The molecule has 0 fully saturated rings. The molecule has 84 valence electrons. The van der Waals surface area contributed by atoms with E-state index in [1.165, 1.54) is 0 Å². The van der Waals surface area contributed by atoms with Crippen LogP contribution in [0.1, 0.15) is 11.3 Å². The Kier molecular flexibility index (Phi) is 4.45. The van der Waals surface area contributed by atoms with Crippen LogP contribution in [-0.2, 0) is 11.3 Å². The molecule has 15 heavy (non-hydrogen) atoms. The molecule has 0 aromatic carbocycles. The van der Waals surface area contributed by atoms with Crippen molar-refractivity contribution in [2.45, 2.75) is 13.5 Å². The largest absolute Gasteiger partial charge is 0.383 e. The zero-order valence-electron chi connectivity index (χ0n) is 9.53. The summed E-state index contributed by atoms with van der Waals surface area (Å²) in [7, 11) is 3.62. The zero-order valence-corrected chi connectivity index (χ0v) is 9.53. The number of aryl methyl sites for hydroxylation is 1. The topological polar surface area (TPSA) is 64.3 Å². The second kappa shape index (κ2) is 5.63. The Morgan fingerprint density at radius 1 is 1.53 bits per heavy atom. The molecular formula is C10H18N4O. The predicted molar refractivity (Wildman–Crippen MR) is 59.8 cm³/mol. The highest BCUT2D eigenvalue weighted by Crippen LogP contribution is 2.08. The lowest BCUT2D eigenvalue weighted by Gasteiger charge is -2.17. The molecule has 0 amide bonds. The van der Waals surface area contributed by atoms with Crippen LogP contribution in [-0.4, -0.2) is 37.3 Å². The molecule has 0 atom stereocenters. The number of likely N-dealkylation sites (N-methyl/N-ethyl adjacent to an activating group) is 1. The van der Waals surface area contributed by atoms with E-state index in [9.17, 15) is 0 Å². The molecule has 0 aliphatic heterocycles. The van der Waals surface area contributed by atoms with Crippen LogP contribution in [0.25, 0.3) is 0 Å². The number of nitrogens with two attached hydrogens (primary N) is 1. The van der Waals surface area contributed by atoms with Crippen LogP contribution in [0.5, 0.6) is 0 Å². The molecule has 1 rings (SSSR count). The van der Waals surface area contributed by atoms with Crippen molar-refractivity contribution in [3.05, 3.63) is 17.5 Å². The average Bonchev–Trinajstić information content (AvgIpc) is 2.25. The van der Waals surface area contributed by atoms with Crippen LogP contribution >= 0.6 is 0 Å². The fourth-order valence-corrected chi connectivity index (χ4v) is 1.19. The molecule has 0 saturated carbocycles. The summed E-state index contributed by atoms with van der Waals surface area (Å²) in [6.45, 7) is 3.86. The first-order valence-corrected chi connectivity index (χ1v) is 4.91. The molecule has 0 unspecified atom stereocenters. The van der Waals surface area contributed by atoms with Gasteiger partial charge in [-0.05, 0) is 6.92 Å². The van der Waals surface area contributed by atoms with Gasteiger partial charge in [-0.15, -0.1) is 0 Å². The molecule has 0 radical (unpaired) electrons. The number of anilines is 1. The van der Waals surface area contributed by atoms with Crippen LogP contribution in [0.15, 0.2) is 6.20 Å². The smallest absolute Gasteiger partial charge is 0.225 e. The zero-order chi connectivity index (χ0) is 11.3. The van der Waals surface area contributed by atoms with E-state index in [0.717, 1.165) is 17.8 Å². The van der Waals surface area contributed by atoms with Gasteiger partial charge in [0.1, 0.15) is 0 Å². The number of aromatic nitrogens is 2. The molecule has 1 heterocycles. The van der Waals surface area contributed by atoms with E-state index in [4.69, 9.17) is 10.5 Å². The second-order valence-electron chi connectivity index (χ2n) is 3.40. The number of rotatable bonds is 5. The summed E-state index contributed by atoms with van der Waals surface area (Å²) in [4.78, 5) is 10.6. The molecule has 0 aliphatic rings. The number of ether oxygens (including phenoxy) is 1. The van der Waals surface area contributed by atoms with Crippen molar-refractivity contribution in [1.82, 2.24) is 9.97 Å². The van der Waals surface area contributed by atoms with Crippen LogP contribution in [0.3, 0.4) is 0 Å². The standard InChI is InChI=1S/C10H18N4O/c1-8-9(6-11)7-12-10(13-8)14(2)4-5-15-3/h7H,4-6,11H2,1-3H3. The van der Waals surface area contributed by atoms with Crippen molar-refractivity contribution in [2.24, 2.45) is 5.73 Å². The maximum absolute atomic E-state index is 5.54. The molecule has 0 saturated heterocycles. The third-order valence-electron chi connectivity index (χ3n) is 2.26. The summed E-state index contributed by atoms with van der Waals surface area (Å²) in [5.41, 5.74) is 7.47. The highest BCUT2D eigenvalue weighted by atomic mass is 16.5. The summed E-state index contributed by atoms with van der Waals surface area (Å²) < 4.78 is 4.99. The Hall–Kier alpha value is -1.20. The quantitative estimate of drug-likeness (QED) is 0.758. The fraction of sp³-hybridized carbons (Fsp3) is 0.600. The van der Waals surface area contributed by atoms with Gasteiger partial charge >= 0.3 is 0 Å². The lowest BCUT2D eigenvalue weighted by molar-refractivity contribution is 0.206. The van der Waals surface area contributed by atoms with Crippen molar-refractivity contribution in [3.63, 3.8) is 0 Å². The summed E-state index contributed by atoms with van der Waals surface area (Å²) >= 11 is 0. The van der Waals surface area contributed by atoms with E-state index >= 15 is 0 Å². The number of nitrogens with zero attached hydrogens (tertiary/aromatic N) is 3. The summed E-state index contributed by atoms with van der Waals surface area (Å²) in [6, 6.07) is 0. The van der Waals surface area contributed by atoms with Crippen LogP contribution in [0.2, 0.25) is 0 Å². The first kappa shape index (κ1) is 11.9. The van der Waals surface area contributed by atoms with Crippen LogP contribution in [0, 0.1) is 6.92 Å². The SMILES string of the molecule is COCCN(C)c1ncc(CN)c(C)n1. The second-order valence-corrected chi connectivity index (χ2v) is 3.40. The van der Waals surface area contributed by atoms with Gasteiger partial charge in [-0.25, -0.2) is 9.97 Å². The van der Waals surface area contributed by atoms with Gasteiger partial charge in [0.25, 0.3) is 0 Å². The Morgan fingerprint density at radius 2 is 2.27 bits per heavy atom. The van der Waals surface area contributed by atoms with Gasteiger partial charge in [0, 0.05) is 44.7 Å². The van der Waals surface area contributed by atoms with E-state index in [2.05, 4.69) is 9.97 Å². The maximum atomic E-state index is 5.54. The van der Waals surface area contributed by atoms with E-state index in [-0.39, 0.29) is 0 Å². The Morgan fingerprint density at radius 3 is 2.80 bits per heavy atom. The Labute approximate surface area is 90.3 Å². The number of methoxy groups -OCH3 is 1. The van der Waals surface area contributed by atoms with E-state index in [0.29, 0.717) is 19.1 Å². The van der Waals surface area contributed by atoms with E-state index < -0.39 is 0 Å². The minimum absolute atomic E-state index is 0.480. The number of hydrogen-bond donors (Lipinski definition) is 1. The van der Waals surface area contributed by atoms with Crippen molar-refractivity contribution < 1.29 is 4.74 Å². The predicted octanol–water partition coefficient (Wildman–Crippen LogP) is 0.326. The molecule has 0 bridgehead atoms. The molecule has 5 heteroatoms. The summed E-state index contributed by atoms with van der Waals surface area (Å²) in [5, 5.41) is 0. The van der Waals surface area contributed by atoms with Gasteiger partial charge in [-0.2, -0.15) is 0 Å². The van der Waals surface area contributed by atoms with Gasteiger partial charge in [-0.1, -0.05) is 0 Å². The molecule has 0 spiro atoms. The fourth-order valence-electron chi connectivity index (χ4n) is 1.19. The van der Waals surface area contributed by atoms with Gasteiger partial charge in [0.2, 0.25) is 5.95 Å². The normalized spacial score (nSPS) is 10.4. The highest BCUT2D eigenvalue weighted by Gasteiger charge is 2.06. The minimum Gasteiger partial charge on any atom is -0.383 e. The first-order valence-electron chi connectivity index (χ1n) is 4.91.